The zero-order valence-electron chi connectivity index (χ0n) is 13.6. The van der Waals surface area contributed by atoms with Crippen molar-refractivity contribution in [3.8, 4) is 0 Å². The monoisotopic (exact) mass is 309 g/mol. The Bertz CT molecular complexity index is 489. The number of imidazole rings is 1. The van der Waals surface area contributed by atoms with E-state index in [2.05, 4.69) is 14.5 Å². The maximum atomic E-state index is 11.7. The highest BCUT2D eigenvalue weighted by Crippen LogP contribution is 2.34. The molecule has 124 valence electrons. The zero-order chi connectivity index (χ0) is 16.0. The molecule has 0 bridgehead atoms. The third kappa shape index (κ3) is 4.08. The largest absolute Gasteiger partial charge is 0.481 e. The molecule has 0 spiro atoms. The molecule has 1 aromatic heterocycles. The van der Waals surface area contributed by atoms with Crippen molar-refractivity contribution < 1.29 is 14.6 Å². The first-order valence-electron chi connectivity index (χ1n) is 8.00. The van der Waals surface area contributed by atoms with Crippen LogP contribution in [-0.2, 0) is 16.1 Å². The van der Waals surface area contributed by atoms with Gasteiger partial charge in [-0.05, 0) is 45.7 Å². The smallest absolute Gasteiger partial charge is 0.311 e. The Morgan fingerprint density at radius 2 is 2.32 bits per heavy atom. The van der Waals surface area contributed by atoms with E-state index in [1.807, 2.05) is 19.3 Å². The molecule has 0 radical (unpaired) electrons. The molecule has 1 saturated heterocycles. The van der Waals surface area contributed by atoms with Gasteiger partial charge >= 0.3 is 5.97 Å². The van der Waals surface area contributed by atoms with Crippen LogP contribution < -0.4 is 0 Å². The molecule has 22 heavy (non-hydrogen) atoms. The number of methoxy groups -OCH3 is 1. The molecule has 2 heterocycles. The number of nitrogens with zero attached hydrogens (tertiary/aromatic N) is 3. The number of ether oxygens (including phenoxy) is 1. The normalized spacial score (nSPS) is 22.8. The van der Waals surface area contributed by atoms with E-state index in [9.17, 15) is 9.90 Å². The fourth-order valence-corrected chi connectivity index (χ4v) is 3.31. The second-order valence-electron chi connectivity index (χ2n) is 6.23. The van der Waals surface area contributed by atoms with Gasteiger partial charge in [-0.3, -0.25) is 4.79 Å². The molecule has 0 aliphatic carbocycles. The lowest BCUT2D eigenvalue weighted by atomic mass is 9.77. The maximum absolute atomic E-state index is 11.7. The molecule has 1 aromatic rings. The van der Waals surface area contributed by atoms with Gasteiger partial charge in [0.15, 0.2) is 0 Å². The van der Waals surface area contributed by atoms with Gasteiger partial charge in [0.1, 0.15) is 5.82 Å². The van der Waals surface area contributed by atoms with Crippen LogP contribution in [0.15, 0.2) is 12.4 Å². The van der Waals surface area contributed by atoms with Crippen molar-refractivity contribution in [2.24, 2.45) is 5.41 Å². The van der Waals surface area contributed by atoms with Crippen LogP contribution in [0.3, 0.4) is 0 Å². The van der Waals surface area contributed by atoms with Crippen LogP contribution in [0.25, 0.3) is 0 Å². The van der Waals surface area contributed by atoms with E-state index in [4.69, 9.17) is 4.74 Å². The minimum Gasteiger partial charge on any atom is -0.481 e. The first-order valence-corrected chi connectivity index (χ1v) is 8.00. The Morgan fingerprint density at radius 3 is 2.95 bits per heavy atom. The second-order valence-corrected chi connectivity index (χ2v) is 6.23. The van der Waals surface area contributed by atoms with Gasteiger partial charge in [0.2, 0.25) is 0 Å². The highest BCUT2D eigenvalue weighted by molar-refractivity contribution is 5.75. The lowest BCUT2D eigenvalue weighted by molar-refractivity contribution is -0.154. The summed E-state index contributed by atoms with van der Waals surface area (Å²) >= 11 is 0. The van der Waals surface area contributed by atoms with Gasteiger partial charge < -0.3 is 19.3 Å². The van der Waals surface area contributed by atoms with Gasteiger partial charge in [-0.2, -0.15) is 0 Å². The summed E-state index contributed by atoms with van der Waals surface area (Å²) in [6.45, 7) is 6.00. The molecule has 1 N–H and O–H groups in total. The first-order chi connectivity index (χ1) is 10.6. The van der Waals surface area contributed by atoms with Crippen LogP contribution in [0, 0.1) is 12.3 Å². The average molecular weight is 309 g/mol. The first kappa shape index (κ1) is 17.0. The predicted octanol–water partition coefficient (Wildman–Crippen LogP) is 1.78. The average Bonchev–Trinajstić information content (AvgIpc) is 2.91. The number of carbonyl (C=O) groups is 1. The zero-order valence-corrected chi connectivity index (χ0v) is 13.6. The summed E-state index contributed by atoms with van der Waals surface area (Å²) in [6.07, 6.45) is 7.11. The lowest BCUT2D eigenvalue weighted by Gasteiger charge is -2.40. The van der Waals surface area contributed by atoms with E-state index in [1.165, 1.54) is 0 Å². The number of aliphatic carboxylic acids is 1. The molecule has 0 unspecified atom stereocenters. The number of aromatic nitrogens is 2. The summed E-state index contributed by atoms with van der Waals surface area (Å²) in [5, 5.41) is 9.65. The summed E-state index contributed by atoms with van der Waals surface area (Å²) in [7, 11) is 1.63. The van der Waals surface area contributed by atoms with Gasteiger partial charge in [-0.15, -0.1) is 0 Å². The molecule has 0 amide bonds. The minimum atomic E-state index is -0.681. The number of carboxylic acids is 1. The van der Waals surface area contributed by atoms with Crippen molar-refractivity contribution in [1.82, 2.24) is 14.5 Å². The Morgan fingerprint density at radius 1 is 1.50 bits per heavy atom. The summed E-state index contributed by atoms with van der Waals surface area (Å²) in [4.78, 5) is 18.2. The van der Waals surface area contributed by atoms with E-state index in [0.717, 1.165) is 44.7 Å². The van der Waals surface area contributed by atoms with E-state index >= 15 is 0 Å². The van der Waals surface area contributed by atoms with E-state index in [1.54, 1.807) is 7.11 Å². The highest BCUT2D eigenvalue weighted by atomic mass is 16.5. The molecule has 1 aliphatic rings. The number of hydrogen-bond acceptors (Lipinski definition) is 4. The molecule has 6 heteroatoms. The fourth-order valence-electron chi connectivity index (χ4n) is 3.31. The number of likely N-dealkylation sites (tertiary alicyclic amines) is 1. The molecular weight excluding hydrogens is 282 g/mol. The van der Waals surface area contributed by atoms with Gasteiger partial charge in [-0.25, -0.2) is 4.98 Å². The van der Waals surface area contributed by atoms with Gasteiger partial charge in [-0.1, -0.05) is 0 Å². The lowest BCUT2D eigenvalue weighted by Crippen LogP contribution is -2.48. The van der Waals surface area contributed by atoms with Crippen molar-refractivity contribution in [1.29, 1.82) is 0 Å². The molecular formula is C16H27N3O3. The highest BCUT2D eigenvalue weighted by Gasteiger charge is 2.41. The van der Waals surface area contributed by atoms with E-state index < -0.39 is 11.4 Å². The van der Waals surface area contributed by atoms with Crippen LogP contribution in [0.1, 0.15) is 31.5 Å². The molecule has 1 fully saturated rings. The SMILES string of the molecule is COCC[C@]1(C(=O)O)CCCN(CCCn2ccnc2C)C1. The molecule has 0 aromatic carbocycles. The fraction of sp³-hybridized carbons (Fsp3) is 0.750. The summed E-state index contributed by atoms with van der Waals surface area (Å²) in [5.41, 5.74) is -0.640. The summed E-state index contributed by atoms with van der Waals surface area (Å²) in [6, 6.07) is 0. The quantitative estimate of drug-likeness (QED) is 0.793. The topological polar surface area (TPSA) is 67.6 Å². The molecule has 0 saturated carbocycles. The van der Waals surface area contributed by atoms with Crippen molar-refractivity contribution in [3.63, 3.8) is 0 Å². The third-order valence-corrected chi connectivity index (χ3v) is 4.69. The molecule has 2 rings (SSSR count). The standard InChI is InChI=1S/C16H27N3O3/c1-14-17-7-11-19(14)10-4-9-18-8-3-5-16(13-18,15(20)21)6-12-22-2/h7,11H,3-6,8-10,12-13H2,1-2H3,(H,20,21)/t16-/m1/s1. The van der Waals surface area contributed by atoms with E-state index in [-0.39, 0.29) is 0 Å². The number of piperidine rings is 1. The van der Waals surface area contributed by atoms with Gasteiger partial charge in [0, 0.05) is 39.2 Å². The van der Waals surface area contributed by atoms with Crippen molar-refractivity contribution >= 4 is 5.97 Å². The van der Waals surface area contributed by atoms with Crippen LogP contribution in [-0.4, -0.2) is 58.9 Å². The Labute approximate surface area is 132 Å². The van der Waals surface area contributed by atoms with Crippen molar-refractivity contribution in [3.05, 3.63) is 18.2 Å². The Balaban J connectivity index is 1.86. The maximum Gasteiger partial charge on any atom is 0.311 e. The molecule has 1 atom stereocenters. The van der Waals surface area contributed by atoms with E-state index in [0.29, 0.717) is 19.6 Å². The van der Waals surface area contributed by atoms with Crippen LogP contribution >= 0.6 is 0 Å². The molecule has 1 aliphatic heterocycles. The number of aryl methyl sites for hydroxylation is 2. The van der Waals surface area contributed by atoms with Crippen molar-refractivity contribution in [2.45, 2.75) is 39.2 Å². The third-order valence-electron chi connectivity index (χ3n) is 4.69. The summed E-state index contributed by atoms with van der Waals surface area (Å²) in [5.74, 6) is 0.346. The Kier molecular flexibility index (Phi) is 5.97. The molecule has 6 nitrogen and oxygen atoms in total. The summed E-state index contributed by atoms with van der Waals surface area (Å²) < 4.78 is 7.24. The van der Waals surface area contributed by atoms with Crippen LogP contribution in [0.4, 0.5) is 0 Å². The second kappa shape index (κ2) is 7.74. The van der Waals surface area contributed by atoms with Gasteiger partial charge in [0.25, 0.3) is 0 Å². The Hall–Kier alpha value is -1.40. The van der Waals surface area contributed by atoms with Crippen molar-refractivity contribution in [2.75, 3.05) is 33.4 Å². The number of carboxylic acid groups (broad SMARTS) is 1. The minimum absolute atomic E-state index is 0.508. The van der Waals surface area contributed by atoms with Crippen LogP contribution in [0.5, 0.6) is 0 Å². The number of rotatable bonds is 8. The number of hydrogen-bond donors (Lipinski definition) is 1. The predicted molar refractivity (Wildman–Crippen MR) is 83.8 cm³/mol. The van der Waals surface area contributed by atoms with Gasteiger partial charge in [0.05, 0.1) is 5.41 Å². The van der Waals surface area contributed by atoms with Crippen LogP contribution in [0.2, 0.25) is 0 Å².